The molecule has 1 heterocycles. The zero-order valence-corrected chi connectivity index (χ0v) is 15.3. The molecule has 0 radical (unpaired) electrons. The van der Waals surface area contributed by atoms with E-state index in [1.807, 2.05) is 24.6 Å². The average Bonchev–Trinajstić information content (AvgIpc) is 3.08. The predicted octanol–water partition coefficient (Wildman–Crippen LogP) is 4.26. The lowest BCUT2D eigenvalue weighted by Crippen LogP contribution is -2.37. The highest BCUT2D eigenvalue weighted by Crippen LogP contribution is 2.16. The van der Waals surface area contributed by atoms with E-state index in [2.05, 4.69) is 4.98 Å². The number of aromatic nitrogens is 2. The Hall–Kier alpha value is -3.02. The molecule has 0 saturated carbocycles. The minimum atomic E-state index is -0.539. The first-order valence-electron chi connectivity index (χ1n) is 8.75. The van der Waals surface area contributed by atoms with Crippen LogP contribution in [0.25, 0.3) is 0 Å². The number of hydrogen-bond acceptors (Lipinski definition) is 2. The van der Waals surface area contributed by atoms with Crippen molar-refractivity contribution in [1.29, 1.82) is 0 Å². The number of carbonyl (C=O) groups is 1. The van der Waals surface area contributed by atoms with Crippen LogP contribution in [-0.2, 0) is 13.1 Å². The van der Waals surface area contributed by atoms with Gasteiger partial charge in [-0.05, 0) is 43.7 Å². The van der Waals surface area contributed by atoms with Crippen LogP contribution in [0.2, 0.25) is 0 Å². The molecule has 0 atom stereocenters. The van der Waals surface area contributed by atoms with E-state index in [-0.39, 0.29) is 29.9 Å². The van der Waals surface area contributed by atoms with Crippen LogP contribution in [0.3, 0.4) is 0 Å². The van der Waals surface area contributed by atoms with E-state index in [4.69, 9.17) is 0 Å². The molecular formula is C21H21F2N3O. The number of hydrogen-bond donors (Lipinski definition) is 0. The van der Waals surface area contributed by atoms with E-state index in [1.54, 1.807) is 35.4 Å². The van der Waals surface area contributed by atoms with Gasteiger partial charge >= 0.3 is 0 Å². The Morgan fingerprint density at radius 1 is 1.11 bits per heavy atom. The second-order valence-corrected chi connectivity index (χ2v) is 6.60. The van der Waals surface area contributed by atoms with Crippen molar-refractivity contribution in [2.24, 2.45) is 0 Å². The van der Waals surface area contributed by atoms with Crippen molar-refractivity contribution in [3.05, 3.63) is 89.5 Å². The Balaban J connectivity index is 1.82. The van der Waals surface area contributed by atoms with Gasteiger partial charge in [-0.1, -0.05) is 24.3 Å². The number of halogens is 2. The summed E-state index contributed by atoms with van der Waals surface area (Å²) in [5, 5.41) is 0. The van der Waals surface area contributed by atoms with Gasteiger partial charge in [0.25, 0.3) is 5.91 Å². The normalized spacial score (nSPS) is 11.0. The molecule has 0 fully saturated rings. The molecule has 0 aliphatic heterocycles. The molecule has 3 rings (SSSR count). The van der Waals surface area contributed by atoms with E-state index < -0.39 is 5.82 Å². The summed E-state index contributed by atoms with van der Waals surface area (Å²) in [7, 11) is 0. The maximum atomic E-state index is 14.0. The first-order chi connectivity index (χ1) is 13.0. The van der Waals surface area contributed by atoms with Crippen LogP contribution in [0.1, 0.15) is 35.6 Å². The minimum Gasteiger partial charge on any atom is -0.329 e. The lowest BCUT2D eigenvalue weighted by molar-refractivity contribution is 0.0678. The van der Waals surface area contributed by atoms with Crippen molar-refractivity contribution < 1.29 is 13.6 Å². The molecule has 2 aromatic carbocycles. The lowest BCUT2D eigenvalue weighted by atomic mass is 10.1. The van der Waals surface area contributed by atoms with Gasteiger partial charge in [-0.25, -0.2) is 13.8 Å². The topological polar surface area (TPSA) is 38.1 Å². The Kier molecular flexibility index (Phi) is 5.64. The molecule has 0 saturated heterocycles. The van der Waals surface area contributed by atoms with Crippen LogP contribution in [0.4, 0.5) is 8.78 Å². The predicted molar refractivity (Wildman–Crippen MR) is 99.1 cm³/mol. The van der Waals surface area contributed by atoms with E-state index in [0.717, 1.165) is 5.56 Å². The summed E-state index contributed by atoms with van der Waals surface area (Å²) >= 11 is 0. The summed E-state index contributed by atoms with van der Waals surface area (Å²) in [4.78, 5) is 18.8. The van der Waals surface area contributed by atoms with Crippen LogP contribution in [0.5, 0.6) is 0 Å². The van der Waals surface area contributed by atoms with E-state index in [9.17, 15) is 13.6 Å². The SMILES string of the molecule is CC(C)N(Cc1nccn1Cc1ccc(F)cc1)C(=O)c1ccccc1F. The van der Waals surface area contributed by atoms with Crippen LogP contribution in [0, 0.1) is 11.6 Å². The van der Waals surface area contributed by atoms with Crippen LogP contribution >= 0.6 is 0 Å². The zero-order valence-electron chi connectivity index (χ0n) is 15.3. The summed E-state index contributed by atoms with van der Waals surface area (Å²) in [6, 6.07) is 12.1. The first kappa shape index (κ1) is 18.8. The van der Waals surface area contributed by atoms with Gasteiger partial charge in [0.1, 0.15) is 17.5 Å². The van der Waals surface area contributed by atoms with Crippen molar-refractivity contribution in [3.63, 3.8) is 0 Å². The third-order valence-electron chi connectivity index (χ3n) is 4.37. The molecule has 0 bridgehead atoms. The van der Waals surface area contributed by atoms with Gasteiger partial charge < -0.3 is 9.47 Å². The molecule has 6 heteroatoms. The number of carbonyl (C=O) groups excluding carboxylic acids is 1. The summed E-state index contributed by atoms with van der Waals surface area (Å²) < 4.78 is 29.0. The van der Waals surface area contributed by atoms with Gasteiger partial charge in [0.2, 0.25) is 0 Å². The molecule has 1 aromatic heterocycles. The minimum absolute atomic E-state index is 0.0443. The fourth-order valence-electron chi connectivity index (χ4n) is 2.85. The van der Waals surface area contributed by atoms with Gasteiger partial charge in [0.15, 0.2) is 0 Å². The number of rotatable bonds is 6. The summed E-state index contributed by atoms with van der Waals surface area (Å²) in [5.41, 5.74) is 0.968. The summed E-state index contributed by atoms with van der Waals surface area (Å²) in [6.07, 6.45) is 3.47. The van der Waals surface area contributed by atoms with Crippen molar-refractivity contribution in [1.82, 2.24) is 14.5 Å². The maximum absolute atomic E-state index is 14.0. The van der Waals surface area contributed by atoms with Gasteiger partial charge in [-0.2, -0.15) is 0 Å². The third kappa shape index (κ3) is 4.39. The number of amides is 1. The van der Waals surface area contributed by atoms with Crippen LogP contribution in [-0.4, -0.2) is 26.4 Å². The monoisotopic (exact) mass is 369 g/mol. The standard InChI is InChI=1S/C21H21F2N3O/c1-15(2)26(21(27)18-5-3-4-6-19(18)23)14-20-24-11-12-25(20)13-16-7-9-17(22)10-8-16/h3-12,15H,13-14H2,1-2H3. The molecule has 0 spiro atoms. The van der Waals surface area contributed by atoms with E-state index in [1.165, 1.54) is 24.3 Å². The zero-order chi connectivity index (χ0) is 19.4. The lowest BCUT2D eigenvalue weighted by Gasteiger charge is -2.27. The first-order valence-corrected chi connectivity index (χ1v) is 8.75. The quantitative estimate of drug-likeness (QED) is 0.651. The van der Waals surface area contributed by atoms with Crippen LogP contribution < -0.4 is 0 Å². The van der Waals surface area contributed by atoms with Crippen molar-refractivity contribution in [3.8, 4) is 0 Å². The number of nitrogens with zero attached hydrogens (tertiary/aromatic N) is 3. The van der Waals surface area contributed by atoms with E-state index >= 15 is 0 Å². The second kappa shape index (κ2) is 8.12. The summed E-state index contributed by atoms with van der Waals surface area (Å²) in [5.74, 6) is -0.522. The third-order valence-corrected chi connectivity index (χ3v) is 4.37. The Bertz CT molecular complexity index is 919. The van der Waals surface area contributed by atoms with Crippen molar-refractivity contribution in [2.75, 3.05) is 0 Å². The molecule has 140 valence electrons. The largest absolute Gasteiger partial charge is 0.329 e. The summed E-state index contributed by atoms with van der Waals surface area (Å²) in [6.45, 7) is 4.52. The molecule has 0 unspecified atom stereocenters. The fourth-order valence-corrected chi connectivity index (χ4v) is 2.85. The van der Waals surface area contributed by atoms with E-state index in [0.29, 0.717) is 12.4 Å². The van der Waals surface area contributed by atoms with Gasteiger partial charge in [-0.15, -0.1) is 0 Å². The Morgan fingerprint density at radius 2 is 1.81 bits per heavy atom. The second-order valence-electron chi connectivity index (χ2n) is 6.60. The number of imidazole rings is 1. The smallest absolute Gasteiger partial charge is 0.257 e. The average molecular weight is 369 g/mol. The highest BCUT2D eigenvalue weighted by Gasteiger charge is 2.23. The highest BCUT2D eigenvalue weighted by molar-refractivity contribution is 5.94. The molecule has 4 nitrogen and oxygen atoms in total. The maximum Gasteiger partial charge on any atom is 0.257 e. The fraction of sp³-hybridized carbons (Fsp3) is 0.238. The van der Waals surface area contributed by atoms with Crippen molar-refractivity contribution >= 4 is 5.91 Å². The molecule has 0 aliphatic rings. The molecule has 0 N–H and O–H groups in total. The van der Waals surface area contributed by atoms with Crippen molar-refractivity contribution in [2.45, 2.75) is 33.0 Å². The molecule has 27 heavy (non-hydrogen) atoms. The highest BCUT2D eigenvalue weighted by atomic mass is 19.1. The van der Waals surface area contributed by atoms with Gasteiger partial charge in [0.05, 0.1) is 12.1 Å². The Labute approximate surface area is 157 Å². The van der Waals surface area contributed by atoms with Gasteiger partial charge in [0, 0.05) is 25.0 Å². The van der Waals surface area contributed by atoms with Crippen LogP contribution in [0.15, 0.2) is 60.9 Å². The molecular weight excluding hydrogens is 348 g/mol. The van der Waals surface area contributed by atoms with Gasteiger partial charge in [-0.3, -0.25) is 4.79 Å². The number of benzene rings is 2. The molecule has 1 amide bonds. The molecule has 3 aromatic rings. The Morgan fingerprint density at radius 3 is 2.48 bits per heavy atom. The molecule has 0 aliphatic carbocycles.